The second-order valence-corrected chi connectivity index (χ2v) is 17.2. The first-order valence-corrected chi connectivity index (χ1v) is 20.8. The Morgan fingerprint density at radius 1 is 0.256 bits per heavy atom. The van der Waals surface area contributed by atoms with E-state index in [1.54, 1.807) is 38.5 Å². The van der Waals surface area contributed by atoms with E-state index in [-0.39, 0.29) is 0 Å². The Morgan fingerprint density at radius 3 is 1.33 bits per heavy atom. The molecule has 0 aromatic rings. The van der Waals surface area contributed by atoms with Gasteiger partial charge >= 0.3 is 0 Å². The average molecular weight is 595 g/mol. The molecule has 6 aliphatic rings. The van der Waals surface area contributed by atoms with Crippen LogP contribution in [0.3, 0.4) is 0 Å². The van der Waals surface area contributed by atoms with E-state index in [0.717, 1.165) is 59.4 Å². The molecular weight excluding hydrogens is 520 g/mol. The van der Waals surface area contributed by atoms with Gasteiger partial charge in [-0.15, -0.1) is 0 Å². The summed E-state index contributed by atoms with van der Waals surface area (Å²) < 4.78 is 0. The van der Waals surface area contributed by atoms with Gasteiger partial charge in [0.05, 0.1) is 0 Å². The highest BCUT2D eigenvalue weighted by molar-refractivity contribution is 4.96. The molecule has 0 aromatic heterocycles. The Morgan fingerprint density at radius 2 is 0.651 bits per heavy atom. The molecule has 9 unspecified atom stereocenters. The maximum atomic E-state index is 4.35. The Hall–Kier alpha value is -0.0800. The number of fused-ring (bicyclic) bond motifs is 3. The van der Waals surface area contributed by atoms with Crippen LogP contribution in [0.4, 0.5) is 0 Å². The summed E-state index contributed by atoms with van der Waals surface area (Å²) in [6.45, 7) is 2.61. The lowest BCUT2D eigenvalue weighted by atomic mass is 9.69. The lowest BCUT2D eigenvalue weighted by Crippen LogP contribution is -2.46. The Balaban J connectivity index is 1.15. The van der Waals surface area contributed by atoms with E-state index in [4.69, 9.17) is 0 Å². The molecule has 4 aliphatic carbocycles. The Bertz CT molecular complexity index is 765. The largest absolute Gasteiger partial charge is 0.313 e. The van der Waals surface area contributed by atoms with Gasteiger partial charge in [-0.25, -0.2) is 0 Å². The third-order valence-corrected chi connectivity index (χ3v) is 14.4. The van der Waals surface area contributed by atoms with Gasteiger partial charge in [-0.2, -0.15) is 0 Å². The summed E-state index contributed by atoms with van der Waals surface area (Å²) in [7, 11) is 0. The monoisotopic (exact) mass is 595 g/mol. The molecule has 43 heavy (non-hydrogen) atoms. The van der Waals surface area contributed by atoms with E-state index in [1.165, 1.54) is 161 Å². The van der Waals surface area contributed by atoms with E-state index in [9.17, 15) is 0 Å². The van der Waals surface area contributed by atoms with Crippen molar-refractivity contribution in [1.29, 1.82) is 0 Å². The van der Waals surface area contributed by atoms with Crippen molar-refractivity contribution < 1.29 is 0 Å². The lowest BCUT2D eigenvalue weighted by molar-refractivity contribution is 0.131. The van der Waals surface area contributed by atoms with Crippen molar-refractivity contribution >= 4 is 0 Å². The normalized spacial score (nSPS) is 43.5. The summed E-state index contributed by atoms with van der Waals surface area (Å²) in [6.07, 6.45) is 43.9. The van der Waals surface area contributed by atoms with Gasteiger partial charge in [-0.1, -0.05) is 122 Å². The zero-order chi connectivity index (χ0) is 29.1. The van der Waals surface area contributed by atoms with E-state index in [2.05, 4.69) is 10.6 Å². The summed E-state index contributed by atoms with van der Waals surface area (Å²) in [4.78, 5) is 0. The molecule has 2 heteroatoms. The quantitative estimate of drug-likeness (QED) is 0.332. The highest BCUT2D eigenvalue weighted by Crippen LogP contribution is 2.50. The molecule has 2 saturated heterocycles. The zero-order valence-electron chi connectivity index (χ0n) is 28.7. The molecule has 2 N–H and O–H groups in total. The molecular formula is C41H74N2. The number of hydrogen-bond donors (Lipinski definition) is 2. The third-order valence-electron chi connectivity index (χ3n) is 14.4. The van der Waals surface area contributed by atoms with Crippen LogP contribution in [0.25, 0.3) is 0 Å². The van der Waals surface area contributed by atoms with Crippen LogP contribution in [-0.4, -0.2) is 25.2 Å². The first-order chi connectivity index (χ1) is 21.4. The van der Waals surface area contributed by atoms with Crippen LogP contribution < -0.4 is 10.6 Å². The minimum Gasteiger partial charge on any atom is -0.313 e. The number of hydrogen-bond acceptors (Lipinski definition) is 2. The van der Waals surface area contributed by atoms with Gasteiger partial charge in [-0.3, -0.25) is 0 Å². The van der Waals surface area contributed by atoms with Crippen LogP contribution in [0, 0.1) is 47.3 Å². The predicted molar refractivity (Wildman–Crippen MR) is 185 cm³/mol. The van der Waals surface area contributed by atoms with Crippen LogP contribution in [0.1, 0.15) is 186 Å². The second-order valence-electron chi connectivity index (χ2n) is 17.2. The fourth-order valence-corrected chi connectivity index (χ4v) is 11.9. The van der Waals surface area contributed by atoms with Crippen LogP contribution in [0.15, 0.2) is 0 Å². The fourth-order valence-electron chi connectivity index (χ4n) is 11.9. The topological polar surface area (TPSA) is 24.1 Å². The molecule has 10 atom stereocenters. The Labute approximate surface area is 268 Å². The average Bonchev–Trinajstić information content (AvgIpc) is 3.69. The first-order valence-electron chi connectivity index (χ1n) is 20.8. The number of rotatable bonds is 2. The highest BCUT2D eigenvalue weighted by Gasteiger charge is 2.43. The minimum atomic E-state index is 0.827. The number of nitrogens with one attached hydrogen (secondary N) is 2. The van der Waals surface area contributed by atoms with Crippen molar-refractivity contribution in [3.05, 3.63) is 0 Å². The van der Waals surface area contributed by atoms with Crippen molar-refractivity contribution in [3.63, 3.8) is 0 Å². The van der Waals surface area contributed by atoms with E-state index < -0.39 is 0 Å². The summed E-state index contributed by atoms with van der Waals surface area (Å²) in [5.74, 6) is 8.03. The zero-order valence-corrected chi connectivity index (χ0v) is 28.7. The lowest BCUT2D eigenvalue weighted by Gasteiger charge is -2.41. The minimum absolute atomic E-state index is 0.827. The van der Waals surface area contributed by atoms with Crippen LogP contribution in [-0.2, 0) is 0 Å². The fraction of sp³-hybridized carbons (Fsp3) is 1.00. The molecule has 2 nitrogen and oxygen atoms in total. The molecule has 6 rings (SSSR count). The van der Waals surface area contributed by atoms with Crippen molar-refractivity contribution in [2.24, 2.45) is 47.3 Å². The molecule has 0 aromatic carbocycles. The molecule has 6 fully saturated rings. The smallest absolute Gasteiger partial charge is 0.0126 e. The van der Waals surface area contributed by atoms with E-state index >= 15 is 0 Å². The summed E-state index contributed by atoms with van der Waals surface area (Å²) >= 11 is 0. The molecule has 2 heterocycles. The van der Waals surface area contributed by atoms with Gasteiger partial charge in [0, 0.05) is 12.1 Å². The van der Waals surface area contributed by atoms with E-state index in [0.29, 0.717) is 0 Å². The van der Waals surface area contributed by atoms with E-state index in [1.807, 2.05) is 0 Å². The molecule has 0 radical (unpaired) electrons. The van der Waals surface area contributed by atoms with Gasteiger partial charge in [0.15, 0.2) is 0 Å². The summed E-state index contributed by atoms with van der Waals surface area (Å²) in [5.41, 5.74) is 0. The SMILES string of the molecule is C1CCCCC(C2CCCCC(C3CCCCCC4CCCCCCNC43)CCC2)C2NCCCC3C[C@@H]3CC2CCC1. The van der Waals surface area contributed by atoms with Crippen LogP contribution in [0.5, 0.6) is 0 Å². The molecule has 0 bridgehead atoms. The van der Waals surface area contributed by atoms with Crippen LogP contribution in [0.2, 0.25) is 0 Å². The maximum Gasteiger partial charge on any atom is 0.0126 e. The van der Waals surface area contributed by atoms with Crippen molar-refractivity contribution in [1.82, 2.24) is 10.6 Å². The molecule has 0 amide bonds. The summed E-state index contributed by atoms with van der Waals surface area (Å²) in [5, 5.41) is 8.62. The Kier molecular flexibility index (Phi) is 13.5. The second kappa shape index (κ2) is 17.7. The van der Waals surface area contributed by atoms with Crippen molar-refractivity contribution in [2.75, 3.05) is 13.1 Å². The third kappa shape index (κ3) is 9.72. The molecule has 248 valence electrons. The van der Waals surface area contributed by atoms with Gasteiger partial charge < -0.3 is 10.6 Å². The van der Waals surface area contributed by atoms with Crippen molar-refractivity contribution in [3.8, 4) is 0 Å². The first kappa shape index (κ1) is 32.8. The van der Waals surface area contributed by atoms with Crippen LogP contribution >= 0.6 is 0 Å². The molecule has 0 spiro atoms. The van der Waals surface area contributed by atoms with Crippen molar-refractivity contribution in [2.45, 2.75) is 198 Å². The summed E-state index contributed by atoms with van der Waals surface area (Å²) in [6, 6.07) is 1.66. The van der Waals surface area contributed by atoms with Gasteiger partial charge in [0.1, 0.15) is 0 Å². The molecule has 4 saturated carbocycles. The highest BCUT2D eigenvalue weighted by atomic mass is 14.9. The molecule has 2 aliphatic heterocycles. The standard InChI is InChI=1S/C41H74N2/c1-2-4-11-26-39(41-36(22-9-3-1)31-37-30-35(37)25-17-29-43-41)33-19-14-13-18-32(23-16-24-33)38-27-12-7-10-21-34-20-8-5-6-15-28-42-40(34)38/h32-43H,1-31H2/t32?,33?,34?,35?,36?,37-,38?,39?,40?,41?/m1/s1. The van der Waals surface area contributed by atoms with Gasteiger partial charge in [0.25, 0.3) is 0 Å². The predicted octanol–water partition coefficient (Wildman–Crippen LogP) is 11.2. The van der Waals surface area contributed by atoms with Gasteiger partial charge in [-0.05, 0) is 125 Å². The van der Waals surface area contributed by atoms with Gasteiger partial charge in [0.2, 0.25) is 0 Å². The maximum absolute atomic E-state index is 4.35.